The maximum absolute atomic E-state index is 12.1. The van der Waals surface area contributed by atoms with Gasteiger partial charge in [-0.15, -0.1) is 0 Å². The van der Waals surface area contributed by atoms with E-state index in [1.54, 1.807) is 0 Å². The van der Waals surface area contributed by atoms with E-state index >= 15 is 0 Å². The third kappa shape index (κ3) is 3.33. The molecule has 0 atom stereocenters. The van der Waals surface area contributed by atoms with Crippen LogP contribution in [0.25, 0.3) is 0 Å². The Labute approximate surface area is 145 Å². The summed E-state index contributed by atoms with van der Waals surface area (Å²) in [6.45, 7) is 2.47. The zero-order valence-corrected chi connectivity index (χ0v) is 14.5. The number of piperidine rings is 1. The summed E-state index contributed by atoms with van der Waals surface area (Å²) < 4.78 is 0.888. The van der Waals surface area contributed by atoms with E-state index in [1.807, 2.05) is 42.5 Å². The Morgan fingerprint density at radius 3 is 2.26 bits per heavy atom. The number of carboxylic acid groups (broad SMARTS) is 1. The maximum Gasteiger partial charge on any atom is 0.314 e. The van der Waals surface area contributed by atoms with Crippen LogP contribution >= 0.6 is 15.9 Å². The molecule has 1 fully saturated rings. The predicted octanol–water partition coefficient (Wildman–Crippen LogP) is 4.07. The molecule has 0 bridgehead atoms. The highest BCUT2D eigenvalue weighted by atomic mass is 79.9. The second kappa shape index (κ2) is 6.85. The highest BCUT2D eigenvalue weighted by Crippen LogP contribution is 2.39. The van der Waals surface area contributed by atoms with Crippen molar-refractivity contribution in [2.75, 3.05) is 13.1 Å². The number of hydrogen-bond acceptors (Lipinski definition) is 2. The quantitative estimate of drug-likeness (QED) is 0.877. The van der Waals surface area contributed by atoms with Crippen LogP contribution in [0.1, 0.15) is 24.0 Å². The van der Waals surface area contributed by atoms with Crippen LogP contribution in [0.3, 0.4) is 0 Å². The van der Waals surface area contributed by atoms with Gasteiger partial charge < -0.3 is 5.11 Å². The predicted molar refractivity (Wildman–Crippen MR) is 94.4 cm³/mol. The molecule has 23 heavy (non-hydrogen) atoms. The van der Waals surface area contributed by atoms with Gasteiger partial charge in [0, 0.05) is 11.0 Å². The third-order valence-corrected chi connectivity index (χ3v) is 5.45. The topological polar surface area (TPSA) is 40.5 Å². The highest BCUT2D eigenvalue weighted by Gasteiger charge is 2.44. The van der Waals surface area contributed by atoms with Crippen molar-refractivity contribution in [3.05, 3.63) is 70.2 Å². The average Bonchev–Trinajstić information content (AvgIpc) is 2.57. The molecule has 0 spiro atoms. The molecule has 0 saturated carbocycles. The summed E-state index contributed by atoms with van der Waals surface area (Å²) >= 11 is 3.53. The molecular formula is C19H20BrNO2. The minimum absolute atomic E-state index is 0.637. The van der Waals surface area contributed by atoms with Gasteiger partial charge in [0.15, 0.2) is 0 Å². The Kier molecular flexibility index (Phi) is 4.83. The molecule has 120 valence electrons. The summed E-state index contributed by atoms with van der Waals surface area (Å²) in [5, 5.41) is 9.90. The number of hydrogen-bond donors (Lipinski definition) is 1. The first-order valence-electron chi connectivity index (χ1n) is 7.86. The van der Waals surface area contributed by atoms with Gasteiger partial charge in [-0.05, 0) is 43.1 Å². The van der Waals surface area contributed by atoms with Crippen LogP contribution in [0.2, 0.25) is 0 Å². The first kappa shape index (κ1) is 16.2. The summed E-state index contributed by atoms with van der Waals surface area (Å²) in [6.07, 6.45) is 1.27. The Hall–Kier alpha value is -1.65. The van der Waals surface area contributed by atoms with E-state index in [1.165, 1.54) is 5.56 Å². The molecule has 1 heterocycles. The lowest BCUT2D eigenvalue weighted by Crippen LogP contribution is -2.47. The van der Waals surface area contributed by atoms with E-state index in [4.69, 9.17) is 0 Å². The van der Waals surface area contributed by atoms with Gasteiger partial charge in [0.05, 0.1) is 5.41 Å². The van der Waals surface area contributed by atoms with E-state index in [0.717, 1.165) is 29.7 Å². The summed E-state index contributed by atoms with van der Waals surface area (Å²) in [5.74, 6) is -0.719. The van der Waals surface area contributed by atoms with Crippen LogP contribution in [0.4, 0.5) is 0 Å². The Morgan fingerprint density at radius 2 is 1.65 bits per heavy atom. The smallest absolute Gasteiger partial charge is 0.314 e. The lowest BCUT2D eigenvalue weighted by Gasteiger charge is -2.39. The lowest BCUT2D eigenvalue weighted by molar-refractivity contribution is -0.146. The van der Waals surface area contributed by atoms with E-state index in [2.05, 4.69) is 33.0 Å². The van der Waals surface area contributed by atoms with Crippen molar-refractivity contribution in [3.63, 3.8) is 0 Å². The Balaban J connectivity index is 1.77. The summed E-state index contributed by atoms with van der Waals surface area (Å²) in [5.41, 5.74) is 1.39. The molecule has 0 aromatic heterocycles. The minimum atomic E-state index is -0.784. The van der Waals surface area contributed by atoms with Crippen LogP contribution in [0, 0.1) is 0 Å². The number of carboxylic acids is 1. The first-order chi connectivity index (χ1) is 11.1. The van der Waals surface area contributed by atoms with Crippen LogP contribution in [0.5, 0.6) is 0 Å². The van der Waals surface area contributed by atoms with Gasteiger partial charge in [-0.3, -0.25) is 9.69 Å². The normalized spacial score (nSPS) is 17.8. The number of halogens is 1. The van der Waals surface area contributed by atoms with Crippen molar-refractivity contribution < 1.29 is 9.90 Å². The monoisotopic (exact) mass is 373 g/mol. The summed E-state index contributed by atoms with van der Waals surface area (Å²) in [7, 11) is 0. The minimum Gasteiger partial charge on any atom is -0.481 e. The Morgan fingerprint density at radius 1 is 1.04 bits per heavy atom. The van der Waals surface area contributed by atoms with E-state index in [-0.39, 0.29) is 0 Å². The average molecular weight is 374 g/mol. The van der Waals surface area contributed by atoms with Gasteiger partial charge in [-0.1, -0.05) is 64.5 Å². The van der Waals surface area contributed by atoms with E-state index in [0.29, 0.717) is 12.8 Å². The molecule has 3 nitrogen and oxygen atoms in total. The molecule has 0 aliphatic carbocycles. The standard InChI is InChI=1S/C19H20BrNO2/c20-17-9-5-4-8-16(17)19(18(22)23)10-12-21(13-11-19)14-15-6-2-1-3-7-15/h1-9H,10-14H2,(H,22,23). The summed E-state index contributed by atoms with van der Waals surface area (Å²) in [4.78, 5) is 14.4. The van der Waals surface area contributed by atoms with Crippen LogP contribution in [-0.4, -0.2) is 29.1 Å². The molecule has 0 unspecified atom stereocenters. The van der Waals surface area contributed by atoms with Crippen molar-refractivity contribution in [2.45, 2.75) is 24.8 Å². The number of nitrogens with zero attached hydrogens (tertiary/aromatic N) is 1. The first-order valence-corrected chi connectivity index (χ1v) is 8.66. The fourth-order valence-electron chi connectivity index (χ4n) is 3.38. The van der Waals surface area contributed by atoms with Gasteiger partial charge in [-0.2, -0.15) is 0 Å². The largest absolute Gasteiger partial charge is 0.481 e. The SMILES string of the molecule is O=C(O)C1(c2ccccc2Br)CCN(Cc2ccccc2)CC1. The molecule has 1 saturated heterocycles. The molecule has 0 radical (unpaired) electrons. The molecule has 1 aliphatic heterocycles. The number of benzene rings is 2. The molecule has 2 aromatic rings. The number of rotatable bonds is 4. The second-order valence-electron chi connectivity index (χ2n) is 6.13. The van der Waals surface area contributed by atoms with Crippen LogP contribution in [-0.2, 0) is 16.8 Å². The fourth-order valence-corrected chi connectivity index (χ4v) is 4.05. The molecule has 4 heteroatoms. The highest BCUT2D eigenvalue weighted by molar-refractivity contribution is 9.10. The molecule has 1 N–H and O–H groups in total. The van der Waals surface area contributed by atoms with Crippen LogP contribution < -0.4 is 0 Å². The molecule has 0 amide bonds. The van der Waals surface area contributed by atoms with Gasteiger partial charge in [-0.25, -0.2) is 0 Å². The van der Waals surface area contributed by atoms with Gasteiger partial charge in [0.25, 0.3) is 0 Å². The number of aliphatic carboxylic acids is 1. The number of carbonyl (C=O) groups is 1. The molecule has 2 aromatic carbocycles. The maximum atomic E-state index is 12.1. The van der Waals surface area contributed by atoms with Crippen molar-refractivity contribution in [3.8, 4) is 0 Å². The van der Waals surface area contributed by atoms with Crippen LogP contribution in [0.15, 0.2) is 59.1 Å². The van der Waals surface area contributed by atoms with Gasteiger partial charge >= 0.3 is 5.97 Å². The van der Waals surface area contributed by atoms with Crippen molar-refractivity contribution in [2.24, 2.45) is 0 Å². The zero-order chi connectivity index (χ0) is 16.3. The van der Waals surface area contributed by atoms with Gasteiger partial charge in [0.2, 0.25) is 0 Å². The molecular weight excluding hydrogens is 354 g/mol. The molecule has 1 aliphatic rings. The Bertz CT molecular complexity index is 679. The lowest BCUT2D eigenvalue weighted by atomic mass is 9.73. The summed E-state index contributed by atoms with van der Waals surface area (Å²) in [6, 6.07) is 18.0. The molecule has 3 rings (SSSR count). The van der Waals surface area contributed by atoms with Crippen molar-refractivity contribution >= 4 is 21.9 Å². The zero-order valence-electron chi connectivity index (χ0n) is 12.9. The third-order valence-electron chi connectivity index (χ3n) is 4.76. The van der Waals surface area contributed by atoms with E-state index in [9.17, 15) is 9.90 Å². The number of likely N-dealkylation sites (tertiary alicyclic amines) is 1. The van der Waals surface area contributed by atoms with Crippen molar-refractivity contribution in [1.29, 1.82) is 0 Å². The fraction of sp³-hybridized carbons (Fsp3) is 0.316. The van der Waals surface area contributed by atoms with E-state index < -0.39 is 11.4 Å². The van der Waals surface area contributed by atoms with Gasteiger partial charge in [0.1, 0.15) is 0 Å². The van der Waals surface area contributed by atoms with Crippen molar-refractivity contribution in [1.82, 2.24) is 4.90 Å². The second-order valence-corrected chi connectivity index (χ2v) is 6.98.